The third-order valence-electron chi connectivity index (χ3n) is 3.75. The van der Waals surface area contributed by atoms with Crippen LogP contribution in [0.4, 0.5) is 0 Å². The van der Waals surface area contributed by atoms with Crippen LogP contribution in [0, 0.1) is 0 Å². The molecule has 128 valence electrons. The predicted molar refractivity (Wildman–Crippen MR) is 98.4 cm³/mol. The van der Waals surface area contributed by atoms with Crippen LogP contribution >= 0.6 is 11.8 Å². The standard InChI is InChI=1S/C18H17N3O3S/c1-11(16(19)22)25-18-20-13-8-4-3-7-12(13)17(23)21(18)14-9-5-6-10-15(14)24-2/h3-11H,1-2H3,(H2,19,22). The molecule has 0 fully saturated rings. The fraction of sp³-hybridized carbons (Fsp3) is 0.167. The molecule has 0 spiro atoms. The summed E-state index contributed by atoms with van der Waals surface area (Å²) in [6, 6.07) is 14.3. The first kappa shape index (κ1) is 17.0. The number of aromatic nitrogens is 2. The van der Waals surface area contributed by atoms with E-state index in [1.807, 2.05) is 18.2 Å². The summed E-state index contributed by atoms with van der Waals surface area (Å²) in [5.41, 5.74) is 6.28. The van der Waals surface area contributed by atoms with Gasteiger partial charge in [-0.1, -0.05) is 36.0 Å². The van der Waals surface area contributed by atoms with E-state index < -0.39 is 11.2 Å². The van der Waals surface area contributed by atoms with Gasteiger partial charge >= 0.3 is 0 Å². The zero-order valence-electron chi connectivity index (χ0n) is 13.8. The first-order chi connectivity index (χ1) is 12.0. The molecule has 3 aromatic rings. The minimum Gasteiger partial charge on any atom is -0.495 e. The number of hydrogen-bond donors (Lipinski definition) is 1. The molecule has 0 aliphatic carbocycles. The first-order valence-electron chi connectivity index (χ1n) is 7.64. The van der Waals surface area contributed by atoms with Crippen LogP contribution in [0.1, 0.15) is 6.92 Å². The molecule has 0 bridgehead atoms. The number of carbonyl (C=O) groups excluding carboxylic acids is 1. The highest BCUT2D eigenvalue weighted by Gasteiger charge is 2.20. The summed E-state index contributed by atoms with van der Waals surface area (Å²) < 4.78 is 6.85. The largest absolute Gasteiger partial charge is 0.495 e. The third kappa shape index (κ3) is 3.23. The smallest absolute Gasteiger partial charge is 0.266 e. The van der Waals surface area contributed by atoms with E-state index >= 15 is 0 Å². The quantitative estimate of drug-likeness (QED) is 0.561. The van der Waals surface area contributed by atoms with Gasteiger partial charge < -0.3 is 10.5 Å². The number of amides is 1. The van der Waals surface area contributed by atoms with E-state index in [9.17, 15) is 9.59 Å². The van der Waals surface area contributed by atoms with Crippen molar-refractivity contribution in [1.82, 2.24) is 9.55 Å². The van der Waals surface area contributed by atoms with Crippen molar-refractivity contribution in [1.29, 1.82) is 0 Å². The van der Waals surface area contributed by atoms with Crippen LogP contribution in [-0.4, -0.2) is 27.8 Å². The summed E-state index contributed by atoms with van der Waals surface area (Å²) in [7, 11) is 1.54. The number of carbonyl (C=O) groups is 1. The lowest BCUT2D eigenvalue weighted by Gasteiger charge is -2.17. The molecular formula is C18H17N3O3S. The average molecular weight is 355 g/mol. The van der Waals surface area contributed by atoms with E-state index in [1.165, 1.54) is 11.7 Å². The van der Waals surface area contributed by atoms with E-state index in [4.69, 9.17) is 10.5 Å². The van der Waals surface area contributed by atoms with Crippen molar-refractivity contribution in [2.45, 2.75) is 17.3 Å². The molecule has 0 saturated heterocycles. The Kier molecular flexibility index (Phi) is 4.76. The average Bonchev–Trinajstić information content (AvgIpc) is 2.62. The molecule has 0 aliphatic heterocycles. The van der Waals surface area contributed by atoms with Gasteiger partial charge in [0.15, 0.2) is 5.16 Å². The third-order valence-corrected chi connectivity index (χ3v) is 4.82. The van der Waals surface area contributed by atoms with Crippen LogP contribution < -0.4 is 16.0 Å². The minimum absolute atomic E-state index is 0.228. The molecule has 0 radical (unpaired) electrons. The van der Waals surface area contributed by atoms with Crippen LogP contribution in [0.2, 0.25) is 0 Å². The van der Waals surface area contributed by atoms with Gasteiger partial charge in [0.2, 0.25) is 5.91 Å². The van der Waals surface area contributed by atoms with Crippen molar-refractivity contribution >= 4 is 28.6 Å². The maximum Gasteiger partial charge on any atom is 0.266 e. The van der Waals surface area contributed by atoms with Crippen molar-refractivity contribution in [3.05, 3.63) is 58.9 Å². The molecule has 25 heavy (non-hydrogen) atoms. The fourth-order valence-corrected chi connectivity index (χ4v) is 3.30. The van der Waals surface area contributed by atoms with Gasteiger partial charge in [0.1, 0.15) is 5.75 Å². The van der Waals surface area contributed by atoms with E-state index in [-0.39, 0.29) is 5.56 Å². The number of ether oxygens (including phenoxy) is 1. The number of thioether (sulfide) groups is 1. The summed E-state index contributed by atoms with van der Waals surface area (Å²) in [5, 5.41) is 0.345. The lowest BCUT2D eigenvalue weighted by molar-refractivity contribution is -0.117. The van der Waals surface area contributed by atoms with Gasteiger partial charge in [-0.15, -0.1) is 0 Å². The lowest BCUT2D eigenvalue weighted by Crippen LogP contribution is -2.26. The number of fused-ring (bicyclic) bond motifs is 1. The second-order valence-corrected chi connectivity index (χ2v) is 6.69. The van der Waals surface area contributed by atoms with Crippen molar-refractivity contribution in [2.75, 3.05) is 7.11 Å². The van der Waals surface area contributed by atoms with Crippen molar-refractivity contribution in [2.24, 2.45) is 5.73 Å². The molecule has 1 atom stereocenters. The Balaban J connectivity index is 2.32. The molecule has 3 rings (SSSR count). The molecule has 0 aliphatic rings. The molecule has 1 unspecified atom stereocenters. The van der Waals surface area contributed by atoms with Crippen LogP contribution in [0.5, 0.6) is 5.75 Å². The SMILES string of the molecule is COc1ccccc1-n1c(SC(C)C(N)=O)nc2ccccc2c1=O. The van der Waals surface area contributed by atoms with E-state index in [0.717, 1.165) is 11.8 Å². The van der Waals surface area contributed by atoms with E-state index in [2.05, 4.69) is 4.98 Å². The Bertz CT molecular complexity index is 1000. The molecule has 1 amide bonds. The minimum atomic E-state index is -0.533. The number of methoxy groups -OCH3 is 1. The van der Waals surface area contributed by atoms with Crippen molar-refractivity contribution in [3.8, 4) is 11.4 Å². The zero-order valence-corrected chi connectivity index (χ0v) is 14.6. The number of nitrogens with two attached hydrogens (primary N) is 1. The molecule has 2 aromatic carbocycles. The summed E-state index contributed by atoms with van der Waals surface area (Å²) in [4.78, 5) is 29.2. The van der Waals surface area contributed by atoms with Gasteiger partial charge in [-0.3, -0.25) is 14.2 Å². The Morgan fingerprint density at radius 2 is 1.88 bits per heavy atom. The first-order valence-corrected chi connectivity index (χ1v) is 8.52. The Morgan fingerprint density at radius 1 is 1.20 bits per heavy atom. The van der Waals surface area contributed by atoms with Crippen molar-refractivity contribution < 1.29 is 9.53 Å². The highest BCUT2D eigenvalue weighted by Crippen LogP contribution is 2.28. The predicted octanol–water partition coefficient (Wildman–Crippen LogP) is 2.36. The van der Waals surface area contributed by atoms with Gasteiger partial charge in [0, 0.05) is 0 Å². The molecule has 1 heterocycles. The van der Waals surface area contributed by atoms with Crippen LogP contribution in [-0.2, 0) is 4.79 Å². The molecule has 1 aromatic heterocycles. The summed E-state index contributed by atoms with van der Waals surface area (Å²) in [5.74, 6) is 0.0641. The second kappa shape index (κ2) is 6.98. The highest BCUT2D eigenvalue weighted by atomic mass is 32.2. The van der Waals surface area contributed by atoms with Crippen LogP contribution in [0.25, 0.3) is 16.6 Å². The number of rotatable bonds is 5. The van der Waals surface area contributed by atoms with Crippen molar-refractivity contribution in [3.63, 3.8) is 0 Å². The van der Waals surface area contributed by atoms with Gasteiger partial charge in [0.25, 0.3) is 5.56 Å². The highest BCUT2D eigenvalue weighted by molar-refractivity contribution is 8.00. The number of para-hydroxylation sites is 3. The number of benzene rings is 2. The number of hydrogen-bond acceptors (Lipinski definition) is 5. The molecule has 0 saturated carbocycles. The van der Waals surface area contributed by atoms with Gasteiger partial charge in [-0.05, 0) is 31.2 Å². The molecule has 7 heteroatoms. The second-order valence-electron chi connectivity index (χ2n) is 5.39. The molecule has 2 N–H and O–H groups in total. The van der Waals surface area contributed by atoms with E-state index in [0.29, 0.717) is 27.5 Å². The van der Waals surface area contributed by atoms with Gasteiger partial charge in [-0.25, -0.2) is 4.98 Å². The topological polar surface area (TPSA) is 87.2 Å². The maximum absolute atomic E-state index is 13.1. The van der Waals surface area contributed by atoms with E-state index in [1.54, 1.807) is 37.3 Å². The fourth-order valence-electron chi connectivity index (χ4n) is 2.43. The Labute approximate surface area is 148 Å². The number of nitrogens with zero attached hydrogens (tertiary/aromatic N) is 2. The lowest BCUT2D eigenvalue weighted by atomic mass is 10.2. The number of primary amides is 1. The van der Waals surface area contributed by atoms with Crippen LogP contribution in [0.3, 0.4) is 0 Å². The van der Waals surface area contributed by atoms with Gasteiger partial charge in [0.05, 0.1) is 29.0 Å². The van der Waals surface area contributed by atoms with Crippen LogP contribution in [0.15, 0.2) is 58.5 Å². The maximum atomic E-state index is 13.1. The Hall–Kier alpha value is -2.80. The molecule has 6 nitrogen and oxygen atoms in total. The summed E-state index contributed by atoms with van der Waals surface area (Å²) in [6.45, 7) is 1.68. The monoisotopic (exact) mass is 355 g/mol. The summed E-state index contributed by atoms with van der Waals surface area (Å²) in [6.07, 6.45) is 0. The zero-order chi connectivity index (χ0) is 18.0. The molecular weight excluding hydrogens is 338 g/mol. The summed E-state index contributed by atoms with van der Waals surface area (Å²) >= 11 is 1.14. The van der Waals surface area contributed by atoms with Gasteiger partial charge in [-0.2, -0.15) is 0 Å². The Morgan fingerprint density at radius 3 is 2.60 bits per heavy atom. The normalized spacial score (nSPS) is 12.1.